The van der Waals surface area contributed by atoms with Crippen LogP contribution >= 0.6 is 15.9 Å². The van der Waals surface area contributed by atoms with Crippen molar-refractivity contribution in [3.05, 3.63) is 141 Å². The lowest BCUT2D eigenvalue weighted by atomic mass is 10.2. The first-order valence-electron chi connectivity index (χ1n) is 15.1. The van der Waals surface area contributed by atoms with Gasteiger partial charge in [-0.2, -0.15) is 17.6 Å². The molecule has 53 heavy (non-hydrogen) atoms. The molecule has 6 rings (SSSR count). The molecule has 0 aliphatic heterocycles. The van der Waals surface area contributed by atoms with Gasteiger partial charge in [-0.3, -0.25) is 19.2 Å². The first kappa shape index (κ1) is 39.5. The van der Waals surface area contributed by atoms with Gasteiger partial charge >= 0.3 is 24.8 Å². The Hall–Kier alpha value is -6.24. The van der Waals surface area contributed by atoms with Crippen molar-refractivity contribution >= 4 is 27.9 Å². The fraction of sp³-hybridized carbons (Fsp3) is 0.176. The lowest BCUT2D eigenvalue weighted by Crippen LogP contribution is -2.24. The van der Waals surface area contributed by atoms with Gasteiger partial charge in [-0.05, 0) is 23.3 Å². The molecule has 0 atom stereocenters. The van der Waals surface area contributed by atoms with Crippen LogP contribution in [0.2, 0.25) is 0 Å². The van der Waals surface area contributed by atoms with E-state index in [0.29, 0.717) is 12.2 Å². The molecule has 0 unspecified atom stereocenters. The van der Waals surface area contributed by atoms with Crippen LogP contribution in [-0.2, 0) is 38.8 Å². The zero-order valence-electron chi connectivity index (χ0n) is 27.1. The number of nitrogens with zero attached hydrogens (tertiary/aromatic N) is 5. The Bertz CT molecular complexity index is 2180. The van der Waals surface area contributed by atoms with Crippen LogP contribution in [0.3, 0.4) is 0 Å². The van der Waals surface area contributed by atoms with Crippen molar-refractivity contribution < 1.29 is 45.5 Å². The van der Waals surface area contributed by atoms with Crippen molar-refractivity contribution in [1.29, 1.82) is 0 Å². The first-order valence-corrected chi connectivity index (χ1v) is 16.2. The van der Waals surface area contributed by atoms with Gasteiger partial charge in [0.25, 0.3) is 17.3 Å². The maximum Gasteiger partial charge on any atom is 0.326 e. The average molecular weight is 804 g/mol. The zero-order valence-corrected chi connectivity index (χ0v) is 28.7. The lowest BCUT2D eigenvalue weighted by molar-refractivity contribution is -0.145. The number of pyridine rings is 2. The summed E-state index contributed by atoms with van der Waals surface area (Å²) < 4.78 is 69.7. The number of carbonyl (C=O) groups is 2. The quantitative estimate of drug-likeness (QED) is 0.0908. The molecule has 0 aliphatic carbocycles. The van der Waals surface area contributed by atoms with Crippen molar-refractivity contribution in [2.45, 2.75) is 32.6 Å². The number of alkyl halides is 5. The molecule has 0 saturated carbocycles. The largest absolute Gasteiger partial charge is 0.460 e. The van der Waals surface area contributed by atoms with Crippen molar-refractivity contribution in [2.24, 2.45) is 0 Å². The summed E-state index contributed by atoms with van der Waals surface area (Å²) in [6.07, 6.45) is -3.01. The summed E-state index contributed by atoms with van der Waals surface area (Å²) in [5, 5.41) is 13.5. The fourth-order valence-electron chi connectivity index (χ4n) is 3.93. The monoisotopic (exact) mass is 802 g/mol. The summed E-state index contributed by atoms with van der Waals surface area (Å²) in [7, 11) is 0. The third-order valence-corrected chi connectivity index (χ3v) is 6.87. The van der Waals surface area contributed by atoms with Crippen molar-refractivity contribution in [1.82, 2.24) is 29.9 Å². The van der Waals surface area contributed by atoms with Gasteiger partial charge in [0.1, 0.15) is 25.1 Å². The van der Waals surface area contributed by atoms with Crippen LogP contribution < -0.4 is 11.1 Å². The zero-order chi connectivity index (χ0) is 38.2. The van der Waals surface area contributed by atoms with Gasteiger partial charge in [-0.15, -0.1) is 20.4 Å². The van der Waals surface area contributed by atoms with Crippen LogP contribution in [0.5, 0.6) is 0 Å². The third-order valence-electron chi connectivity index (χ3n) is 6.41. The Morgan fingerprint density at radius 2 is 1.23 bits per heavy atom. The average Bonchev–Trinajstić information content (AvgIpc) is 3.87. The molecule has 6 aromatic rings. The second-order valence-corrected chi connectivity index (χ2v) is 10.8. The minimum absolute atomic E-state index is 0.101. The lowest BCUT2D eigenvalue weighted by Gasteiger charge is -2.07. The van der Waals surface area contributed by atoms with Crippen LogP contribution in [0.4, 0.5) is 17.6 Å². The molecule has 276 valence electrons. The molecule has 0 aliphatic rings. The molecular formula is C34H27BrF4N6O8. The number of ether oxygens (including phenoxy) is 2. The van der Waals surface area contributed by atoms with E-state index in [9.17, 15) is 36.7 Å². The molecule has 0 fully saturated rings. The number of aromatic nitrogens is 6. The Balaban J connectivity index is 0.000000196. The normalized spacial score (nSPS) is 10.5. The Morgan fingerprint density at radius 3 is 1.68 bits per heavy atom. The van der Waals surface area contributed by atoms with Crippen LogP contribution in [0.25, 0.3) is 22.9 Å². The minimum atomic E-state index is -2.89. The number of hydrogen-bond donors (Lipinski definition) is 1. The number of nitrogens with one attached hydrogen (secondary N) is 1. The van der Waals surface area contributed by atoms with E-state index >= 15 is 0 Å². The van der Waals surface area contributed by atoms with E-state index in [0.717, 1.165) is 21.8 Å². The topological polar surface area (TPSA) is 185 Å². The number of esters is 2. The molecule has 0 bridgehead atoms. The highest BCUT2D eigenvalue weighted by Crippen LogP contribution is 2.23. The van der Waals surface area contributed by atoms with E-state index in [1.165, 1.54) is 30.6 Å². The summed E-state index contributed by atoms with van der Waals surface area (Å²) in [4.78, 5) is 48.0. The number of H-pyrrole nitrogens is 1. The van der Waals surface area contributed by atoms with Crippen molar-refractivity contribution in [2.75, 3.05) is 5.33 Å². The van der Waals surface area contributed by atoms with Gasteiger partial charge in [0.2, 0.25) is 17.3 Å². The second kappa shape index (κ2) is 20.0. The highest BCUT2D eigenvalue weighted by Gasteiger charge is 2.18. The number of benzene rings is 2. The van der Waals surface area contributed by atoms with E-state index < -0.39 is 36.2 Å². The molecule has 19 heteroatoms. The van der Waals surface area contributed by atoms with Gasteiger partial charge < -0.3 is 27.9 Å². The van der Waals surface area contributed by atoms with Crippen LogP contribution in [0, 0.1) is 0 Å². The molecule has 0 amide bonds. The van der Waals surface area contributed by atoms with Gasteiger partial charge in [-0.25, -0.2) is 0 Å². The predicted octanol–water partition coefficient (Wildman–Crippen LogP) is 6.07. The fourth-order valence-corrected chi connectivity index (χ4v) is 4.09. The van der Waals surface area contributed by atoms with Crippen LogP contribution in [-0.4, -0.2) is 47.2 Å². The number of halogens is 5. The van der Waals surface area contributed by atoms with E-state index in [4.69, 9.17) is 13.9 Å². The number of rotatable bonds is 11. The molecule has 4 heterocycles. The summed E-state index contributed by atoms with van der Waals surface area (Å²) >= 11 is 3.01. The van der Waals surface area contributed by atoms with Crippen molar-refractivity contribution in [3.63, 3.8) is 0 Å². The molecular weight excluding hydrogens is 776 g/mol. The van der Waals surface area contributed by atoms with Gasteiger partial charge in [-0.1, -0.05) is 76.6 Å². The maximum atomic E-state index is 12.5. The first-order chi connectivity index (χ1) is 25.5. The highest BCUT2D eigenvalue weighted by atomic mass is 79.9. The number of aromatic amines is 1. The van der Waals surface area contributed by atoms with E-state index in [1.807, 2.05) is 60.7 Å². The Kier molecular flexibility index (Phi) is 14.9. The van der Waals surface area contributed by atoms with Gasteiger partial charge in [0.15, 0.2) is 0 Å². The van der Waals surface area contributed by atoms with Crippen LogP contribution in [0.15, 0.2) is 116 Å². The van der Waals surface area contributed by atoms with E-state index in [1.54, 1.807) is 0 Å². The smallest absolute Gasteiger partial charge is 0.326 e. The van der Waals surface area contributed by atoms with Crippen molar-refractivity contribution in [3.8, 4) is 22.9 Å². The highest BCUT2D eigenvalue weighted by molar-refractivity contribution is 9.09. The molecule has 2 aromatic carbocycles. The second-order valence-electron chi connectivity index (χ2n) is 10.2. The molecule has 0 saturated heterocycles. The molecule has 14 nitrogen and oxygen atoms in total. The summed E-state index contributed by atoms with van der Waals surface area (Å²) in [6.45, 7) is 0.175. The van der Waals surface area contributed by atoms with Gasteiger partial charge in [0.05, 0.1) is 0 Å². The molecule has 0 spiro atoms. The molecule has 1 N–H and O–H groups in total. The predicted molar refractivity (Wildman–Crippen MR) is 181 cm³/mol. The SMILES string of the molecule is O=C(CBr)OCc1ccccc1.O=C(Cn1ccc(-c2nnc(C(F)F)o2)cc1=O)OCc1ccccc1.O=c1cc(-c2nnc(C(F)F)o2)cc[nH]1. The minimum Gasteiger partial charge on any atom is -0.460 e. The van der Waals surface area contributed by atoms with Gasteiger partial charge in [0, 0.05) is 35.7 Å². The Labute approximate surface area is 304 Å². The Morgan fingerprint density at radius 1 is 0.717 bits per heavy atom. The number of carbonyl (C=O) groups excluding carboxylic acids is 2. The molecule has 0 radical (unpaired) electrons. The van der Waals surface area contributed by atoms with E-state index in [-0.39, 0.29) is 47.4 Å². The number of hydrogen-bond acceptors (Lipinski definition) is 12. The third kappa shape index (κ3) is 12.8. The summed E-state index contributed by atoms with van der Waals surface area (Å²) in [6, 6.07) is 23.9. The molecule has 4 aromatic heterocycles. The van der Waals surface area contributed by atoms with E-state index in [2.05, 4.69) is 45.7 Å². The summed E-state index contributed by atoms with van der Waals surface area (Å²) in [5.74, 6) is -2.70. The standard InChI is InChI=1S/C17H13F2N3O4.C9H9BrO2.C8H5F2N3O2/c18-15(19)17-21-20-16(26-17)12-6-7-22(13(23)8-12)9-14(24)25-10-11-4-2-1-3-5-11;10-6-9(11)12-7-8-4-2-1-3-5-8;9-6(10)8-13-12-7(15-8)4-1-2-11-5(14)3-4/h1-8,15H,9-10H2;1-5H,6-7H2;1-3,6H,(H,11,14). The maximum absolute atomic E-state index is 12.5. The summed E-state index contributed by atoms with van der Waals surface area (Å²) in [5.41, 5.74) is 1.42. The van der Waals surface area contributed by atoms with Crippen LogP contribution in [0.1, 0.15) is 35.8 Å².